The second kappa shape index (κ2) is 7.36. The number of hydrogen-bond donors (Lipinski definition) is 2. The van der Waals surface area contributed by atoms with Gasteiger partial charge in [0, 0.05) is 17.8 Å². The monoisotopic (exact) mass is 384 g/mol. The first-order valence-electron chi connectivity index (χ1n) is 9.41. The first-order chi connectivity index (χ1) is 13.5. The fourth-order valence-electron chi connectivity index (χ4n) is 4.07. The number of aromatic amines is 1. The molecule has 2 N–H and O–H groups in total. The van der Waals surface area contributed by atoms with Crippen LogP contribution in [0.15, 0.2) is 41.2 Å². The molecule has 0 fully saturated rings. The van der Waals surface area contributed by atoms with E-state index in [2.05, 4.69) is 17.2 Å². The maximum atomic E-state index is 14.0. The molecule has 1 heterocycles. The van der Waals surface area contributed by atoms with Crippen LogP contribution in [0.4, 0.5) is 8.78 Å². The number of aryl methyl sites for hydroxylation is 1. The van der Waals surface area contributed by atoms with Gasteiger partial charge in [-0.3, -0.25) is 4.79 Å². The van der Waals surface area contributed by atoms with Crippen molar-refractivity contribution in [1.82, 2.24) is 10.3 Å². The summed E-state index contributed by atoms with van der Waals surface area (Å²) in [6.07, 6.45) is 2.48. The highest BCUT2D eigenvalue weighted by Gasteiger charge is 2.26. The lowest BCUT2D eigenvalue weighted by molar-refractivity contribution is 0.408. The molecule has 0 amide bonds. The van der Waals surface area contributed by atoms with Gasteiger partial charge < -0.3 is 15.0 Å². The summed E-state index contributed by atoms with van der Waals surface area (Å²) in [5, 5.41) is 4.26. The summed E-state index contributed by atoms with van der Waals surface area (Å²) in [4.78, 5) is 15.2. The Hall–Kier alpha value is -2.73. The van der Waals surface area contributed by atoms with Gasteiger partial charge >= 0.3 is 0 Å². The maximum Gasteiger partial charge on any atom is 0.256 e. The molecule has 3 aromatic rings. The average molecular weight is 384 g/mol. The minimum absolute atomic E-state index is 0.0362. The van der Waals surface area contributed by atoms with Crippen LogP contribution in [-0.4, -0.2) is 12.1 Å². The number of ether oxygens (including phenoxy) is 1. The molecule has 0 aliphatic heterocycles. The van der Waals surface area contributed by atoms with Crippen LogP contribution >= 0.6 is 0 Å². The number of hydrogen-bond acceptors (Lipinski definition) is 3. The summed E-state index contributed by atoms with van der Waals surface area (Å²) < 4.78 is 32.9. The quantitative estimate of drug-likeness (QED) is 0.694. The second-order valence-electron chi connectivity index (χ2n) is 7.26. The largest absolute Gasteiger partial charge is 0.497 e. The van der Waals surface area contributed by atoms with Gasteiger partial charge in [-0.25, -0.2) is 8.78 Å². The molecule has 0 bridgehead atoms. The Kier molecular flexibility index (Phi) is 4.89. The predicted molar refractivity (Wildman–Crippen MR) is 105 cm³/mol. The van der Waals surface area contributed by atoms with Gasteiger partial charge in [0.15, 0.2) is 11.6 Å². The van der Waals surface area contributed by atoms with Crippen molar-refractivity contribution in [3.05, 3.63) is 75.2 Å². The highest BCUT2D eigenvalue weighted by atomic mass is 19.2. The van der Waals surface area contributed by atoms with Crippen LogP contribution in [0.3, 0.4) is 0 Å². The molecule has 2 atom stereocenters. The molecular weight excluding hydrogens is 362 g/mol. The summed E-state index contributed by atoms with van der Waals surface area (Å²) >= 11 is 0. The van der Waals surface area contributed by atoms with Crippen LogP contribution in [0, 0.1) is 11.6 Å². The SMILES string of the molecule is COc1ccc(C(C)NC2CCCc3[nH]c(=O)c4cc(F)c(F)cc4c32)cc1. The number of fused-ring (bicyclic) bond motifs is 3. The van der Waals surface area contributed by atoms with Gasteiger partial charge in [-0.1, -0.05) is 12.1 Å². The normalized spacial score (nSPS) is 17.4. The van der Waals surface area contributed by atoms with E-state index in [1.807, 2.05) is 24.3 Å². The van der Waals surface area contributed by atoms with E-state index in [-0.39, 0.29) is 23.0 Å². The number of benzene rings is 2. The van der Waals surface area contributed by atoms with E-state index < -0.39 is 11.6 Å². The van der Waals surface area contributed by atoms with E-state index in [0.717, 1.165) is 47.5 Å². The highest BCUT2D eigenvalue weighted by molar-refractivity contribution is 5.86. The number of rotatable bonds is 4. The molecule has 146 valence electrons. The van der Waals surface area contributed by atoms with Crippen LogP contribution in [0.25, 0.3) is 10.8 Å². The Morgan fingerprint density at radius 3 is 2.50 bits per heavy atom. The molecule has 0 saturated carbocycles. The zero-order valence-electron chi connectivity index (χ0n) is 15.8. The van der Waals surface area contributed by atoms with Crippen molar-refractivity contribution in [3.63, 3.8) is 0 Å². The van der Waals surface area contributed by atoms with Crippen LogP contribution < -0.4 is 15.6 Å². The number of methoxy groups -OCH3 is 1. The number of nitrogens with one attached hydrogen (secondary N) is 2. The number of halogens is 2. The molecule has 4 nitrogen and oxygen atoms in total. The smallest absolute Gasteiger partial charge is 0.256 e. The molecule has 0 spiro atoms. The van der Waals surface area contributed by atoms with E-state index in [9.17, 15) is 13.6 Å². The molecule has 2 aromatic carbocycles. The van der Waals surface area contributed by atoms with E-state index >= 15 is 0 Å². The zero-order valence-corrected chi connectivity index (χ0v) is 15.8. The summed E-state index contributed by atoms with van der Waals surface area (Å²) in [6.45, 7) is 2.06. The first kappa shape index (κ1) is 18.6. The second-order valence-corrected chi connectivity index (χ2v) is 7.26. The van der Waals surface area contributed by atoms with Crippen molar-refractivity contribution in [1.29, 1.82) is 0 Å². The molecule has 1 aromatic heterocycles. The number of pyridine rings is 1. The van der Waals surface area contributed by atoms with Crippen molar-refractivity contribution < 1.29 is 13.5 Å². The third-order valence-corrected chi connectivity index (χ3v) is 5.52. The topological polar surface area (TPSA) is 54.1 Å². The first-order valence-corrected chi connectivity index (χ1v) is 9.41. The molecule has 1 aliphatic carbocycles. The Labute approximate surface area is 161 Å². The molecule has 4 rings (SSSR count). The molecule has 0 saturated heterocycles. The number of H-pyrrole nitrogens is 1. The van der Waals surface area contributed by atoms with Crippen molar-refractivity contribution in [2.45, 2.75) is 38.3 Å². The molecule has 2 unspecified atom stereocenters. The predicted octanol–water partition coefficient (Wildman–Crippen LogP) is 4.54. The van der Waals surface area contributed by atoms with Gasteiger partial charge in [-0.15, -0.1) is 0 Å². The van der Waals surface area contributed by atoms with Gasteiger partial charge in [-0.2, -0.15) is 0 Å². The Morgan fingerprint density at radius 2 is 1.82 bits per heavy atom. The summed E-state index contributed by atoms with van der Waals surface area (Å²) in [7, 11) is 1.63. The third-order valence-electron chi connectivity index (χ3n) is 5.52. The van der Waals surface area contributed by atoms with E-state index in [1.165, 1.54) is 0 Å². The van der Waals surface area contributed by atoms with Gasteiger partial charge in [0.2, 0.25) is 0 Å². The third kappa shape index (κ3) is 3.29. The van der Waals surface area contributed by atoms with Crippen molar-refractivity contribution in [3.8, 4) is 5.75 Å². The Morgan fingerprint density at radius 1 is 1.14 bits per heavy atom. The molecule has 0 radical (unpaired) electrons. The molecule has 28 heavy (non-hydrogen) atoms. The van der Waals surface area contributed by atoms with Crippen molar-refractivity contribution >= 4 is 10.8 Å². The molecule has 6 heteroatoms. The van der Waals surface area contributed by atoms with Crippen LogP contribution in [0.2, 0.25) is 0 Å². The van der Waals surface area contributed by atoms with Crippen LogP contribution in [0.1, 0.15) is 48.7 Å². The lowest BCUT2D eigenvalue weighted by atomic mass is 9.87. The fourth-order valence-corrected chi connectivity index (χ4v) is 4.07. The van der Waals surface area contributed by atoms with E-state index in [0.29, 0.717) is 11.8 Å². The fraction of sp³-hybridized carbons (Fsp3) is 0.318. The van der Waals surface area contributed by atoms with Crippen molar-refractivity contribution in [2.24, 2.45) is 0 Å². The summed E-state index contributed by atoms with van der Waals surface area (Å²) in [5.41, 5.74) is 2.38. The lowest BCUT2D eigenvalue weighted by Crippen LogP contribution is -2.30. The average Bonchev–Trinajstić information content (AvgIpc) is 2.69. The minimum Gasteiger partial charge on any atom is -0.497 e. The van der Waals surface area contributed by atoms with E-state index in [4.69, 9.17) is 4.74 Å². The maximum absolute atomic E-state index is 14.0. The van der Waals surface area contributed by atoms with Crippen molar-refractivity contribution in [2.75, 3.05) is 7.11 Å². The molecule has 1 aliphatic rings. The highest BCUT2D eigenvalue weighted by Crippen LogP contribution is 2.35. The van der Waals surface area contributed by atoms with Gasteiger partial charge in [0.05, 0.1) is 12.5 Å². The minimum atomic E-state index is -1.01. The van der Waals surface area contributed by atoms with E-state index in [1.54, 1.807) is 7.11 Å². The Bertz CT molecular complexity index is 1080. The standard InChI is InChI=1S/C22H22F2N2O2/c1-12(13-6-8-14(28-2)9-7-13)25-19-4-3-5-20-21(19)15-10-17(23)18(24)11-16(15)22(27)26-20/h6-12,19,25H,3-5H2,1-2H3,(H,26,27). The number of aromatic nitrogens is 1. The van der Waals surface area contributed by atoms with Crippen LogP contribution in [0.5, 0.6) is 5.75 Å². The van der Waals surface area contributed by atoms with Gasteiger partial charge in [0.25, 0.3) is 5.56 Å². The molecular formula is C22H22F2N2O2. The lowest BCUT2D eigenvalue weighted by Gasteiger charge is -2.30. The zero-order chi connectivity index (χ0) is 19.8. The van der Waals surface area contributed by atoms with Crippen LogP contribution in [-0.2, 0) is 6.42 Å². The summed E-state index contributed by atoms with van der Waals surface area (Å²) in [6, 6.07) is 9.93. The van der Waals surface area contributed by atoms with Gasteiger partial charge in [-0.05, 0) is 67.0 Å². The van der Waals surface area contributed by atoms with Gasteiger partial charge in [0.1, 0.15) is 5.75 Å². The summed E-state index contributed by atoms with van der Waals surface area (Å²) in [5.74, 6) is -1.15. The Balaban J connectivity index is 1.74.